The van der Waals surface area contributed by atoms with Gasteiger partial charge in [0.25, 0.3) is 0 Å². The third-order valence-corrected chi connectivity index (χ3v) is 2.12. The van der Waals surface area contributed by atoms with Crippen molar-refractivity contribution in [1.82, 2.24) is 15.2 Å². The highest BCUT2D eigenvalue weighted by atomic mass is 19.1. The molecule has 0 fully saturated rings. The van der Waals surface area contributed by atoms with Crippen LogP contribution in [-0.4, -0.2) is 15.2 Å². The standard InChI is InChI=1S/C10H11FN4/c1-2-9-13-10(15-14-9)7-4-3-6(11)5-8(7)12/h3-5H,2,12H2,1H3,(H,13,14,15). The number of aryl methyl sites for hydroxylation is 1. The minimum Gasteiger partial charge on any atom is -0.398 e. The molecule has 0 saturated carbocycles. The van der Waals surface area contributed by atoms with E-state index in [0.717, 1.165) is 12.2 Å². The van der Waals surface area contributed by atoms with Gasteiger partial charge in [0.15, 0.2) is 5.82 Å². The number of aromatic nitrogens is 3. The van der Waals surface area contributed by atoms with Crippen molar-refractivity contribution < 1.29 is 4.39 Å². The maximum Gasteiger partial charge on any atom is 0.183 e. The van der Waals surface area contributed by atoms with E-state index in [1.807, 2.05) is 6.92 Å². The van der Waals surface area contributed by atoms with E-state index in [1.54, 1.807) is 6.07 Å². The fourth-order valence-corrected chi connectivity index (χ4v) is 1.31. The predicted octanol–water partition coefficient (Wildman–Crippen LogP) is 1.76. The number of H-pyrrole nitrogens is 1. The van der Waals surface area contributed by atoms with Crippen molar-refractivity contribution in [3.63, 3.8) is 0 Å². The van der Waals surface area contributed by atoms with Crippen molar-refractivity contribution >= 4 is 5.69 Å². The average Bonchev–Trinajstić information content (AvgIpc) is 2.66. The van der Waals surface area contributed by atoms with E-state index >= 15 is 0 Å². The monoisotopic (exact) mass is 206 g/mol. The Kier molecular flexibility index (Phi) is 2.37. The lowest BCUT2D eigenvalue weighted by Gasteiger charge is -2.00. The van der Waals surface area contributed by atoms with Crippen molar-refractivity contribution in [3.8, 4) is 11.4 Å². The van der Waals surface area contributed by atoms with Crippen molar-refractivity contribution in [2.75, 3.05) is 5.73 Å². The Morgan fingerprint density at radius 1 is 1.47 bits per heavy atom. The molecule has 0 aliphatic carbocycles. The number of nitrogens with one attached hydrogen (secondary N) is 1. The number of hydrogen-bond acceptors (Lipinski definition) is 3. The summed E-state index contributed by atoms with van der Waals surface area (Å²) in [5.41, 5.74) is 6.66. The number of halogens is 1. The third kappa shape index (κ3) is 1.81. The zero-order valence-electron chi connectivity index (χ0n) is 8.29. The Bertz CT molecular complexity index is 478. The summed E-state index contributed by atoms with van der Waals surface area (Å²) in [7, 11) is 0. The zero-order valence-corrected chi connectivity index (χ0v) is 8.29. The molecular weight excluding hydrogens is 195 g/mol. The molecule has 0 bridgehead atoms. The number of benzene rings is 1. The quantitative estimate of drug-likeness (QED) is 0.735. The predicted molar refractivity (Wildman–Crippen MR) is 55.6 cm³/mol. The van der Waals surface area contributed by atoms with Gasteiger partial charge in [0.1, 0.15) is 11.6 Å². The molecule has 2 aromatic rings. The smallest absolute Gasteiger partial charge is 0.183 e. The van der Waals surface area contributed by atoms with E-state index in [9.17, 15) is 4.39 Å². The molecule has 1 aromatic heterocycles. The molecule has 4 nitrogen and oxygen atoms in total. The van der Waals surface area contributed by atoms with Crippen molar-refractivity contribution in [2.45, 2.75) is 13.3 Å². The van der Waals surface area contributed by atoms with Gasteiger partial charge in [-0.1, -0.05) is 6.92 Å². The number of nitrogens with two attached hydrogens (primary N) is 1. The van der Waals surface area contributed by atoms with Crippen LogP contribution in [0.3, 0.4) is 0 Å². The second kappa shape index (κ2) is 3.68. The van der Waals surface area contributed by atoms with Crippen LogP contribution in [0.2, 0.25) is 0 Å². The third-order valence-electron chi connectivity index (χ3n) is 2.12. The van der Waals surface area contributed by atoms with Crippen LogP contribution in [0.25, 0.3) is 11.4 Å². The van der Waals surface area contributed by atoms with Crippen LogP contribution >= 0.6 is 0 Å². The van der Waals surface area contributed by atoms with Gasteiger partial charge in [-0.15, -0.1) is 0 Å². The summed E-state index contributed by atoms with van der Waals surface area (Å²) in [5, 5.41) is 6.79. The van der Waals surface area contributed by atoms with Crippen LogP contribution in [0.5, 0.6) is 0 Å². The van der Waals surface area contributed by atoms with Gasteiger partial charge in [0.05, 0.1) is 0 Å². The largest absolute Gasteiger partial charge is 0.398 e. The Morgan fingerprint density at radius 3 is 2.87 bits per heavy atom. The molecule has 78 valence electrons. The Balaban J connectivity index is 2.44. The minimum atomic E-state index is -0.359. The normalized spacial score (nSPS) is 10.5. The summed E-state index contributed by atoms with van der Waals surface area (Å²) < 4.78 is 12.8. The number of rotatable bonds is 2. The summed E-state index contributed by atoms with van der Waals surface area (Å²) in [6, 6.07) is 4.18. The summed E-state index contributed by atoms with van der Waals surface area (Å²) in [6.45, 7) is 1.97. The van der Waals surface area contributed by atoms with Crippen LogP contribution in [0, 0.1) is 5.82 Å². The number of aromatic amines is 1. The van der Waals surface area contributed by atoms with E-state index in [0.29, 0.717) is 17.1 Å². The van der Waals surface area contributed by atoms with Crippen LogP contribution in [0.4, 0.5) is 10.1 Å². The van der Waals surface area contributed by atoms with Crippen molar-refractivity contribution in [1.29, 1.82) is 0 Å². The Labute approximate surface area is 86.3 Å². The summed E-state index contributed by atoms with van der Waals surface area (Å²) >= 11 is 0. The lowest BCUT2D eigenvalue weighted by atomic mass is 10.1. The highest BCUT2D eigenvalue weighted by Gasteiger charge is 2.08. The first-order chi connectivity index (χ1) is 7.20. The number of anilines is 1. The molecule has 3 N–H and O–H groups in total. The Hall–Kier alpha value is -1.91. The van der Waals surface area contributed by atoms with Gasteiger partial charge >= 0.3 is 0 Å². The van der Waals surface area contributed by atoms with E-state index in [1.165, 1.54) is 12.1 Å². The van der Waals surface area contributed by atoms with Crippen LogP contribution < -0.4 is 5.73 Å². The second-order valence-corrected chi connectivity index (χ2v) is 3.19. The minimum absolute atomic E-state index is 0.344. The fourth-order valence-electron chi connectivity index (χ4n) is 1.31. The van der Waals surface area contributed by atoms with E-state index in [2.05, 4.69) is 15.2 Å². The highest BCUT2D eigenvalue weighted by molar-refractivity contribution is 5.71. The summed E-state index contributed by atoms with van der Waals surface area (Å²) in [4.78, 5) is 4.22. The van der Waals surface area contributed by atoms with Crippen LogP contribution in [0.1, 0.15) is 12.7 Å². The van der Waals surface area contributed by atoms with Crippen LogP contribution in [0.15, 0.2) is 18.2 Å². The lowest BCUT2D eigenvalue weighted by Crippen LogP contribution is -1.92. The molecule has 1 heterocycles. The molecule has 1 aromatic carbocycles. The molecule has 0 amide bonds. The maximum atomic E-state index is 12.8. The first kappa shape index (κ1) is 9.64. The zero-order chi connectivity index (χ0) is 10.8. The topological polar surface area (TPSA) is 67.6 Å². The van der Waals surface area contributed by atoms with E-state index < -0.39 is 0 Å². The molecule has 15 heavy (non-hydrogen) atoms. The van der Waals surface area contributed by atoms with Gasteiger partial charge in [-0.3, -0.25) is 5.10 Å². The summed E-state index contributed by atoms with van der Waals surface area (Å²) in [5.74, 6) is 0.931. The van der Waals surface area contributed by atoms with Crippen molar-refractivity contribution in [2.24, 2.45) is 0 Å². The van der Waals surface area contributed by atoms with Crippen LogP contribution in [-0.2, 0) is 6.42 Å². The van der Waals surface area contributed by atoms with Crippen molar-refractivity contribution in [3.05, 3.63) is 29.8 Å². The first-order valence-corrected chi connectivity index (χ1v) is 4.67. The van der Waals surface area contributed by atoms with Gasteiger partial charge in [0.2, 0.25) is 0 Å². The molecule has 0 aliphatic heterocycles. The molecule has 5 heteroatoms. The van der Waals surface area contributed by atoms with E-state index in [4.69, 9.17) is 5.73 Å². The maximum absolute atomic E-state index is 12.8. The SMILES string of the molecule is CCc1nc(-c2ccc(F)cc2N)n[nH]1. The van der Waals surface area contributed by atoms with Gasteiger partial charge in [0, 0.05) is 17.7 Å². The molecular formula is C10H11FN4. The lowest BCUT2D eigenvalue weighted by molar-refractivity contribution is 0.628. The summed E-state index contributed by atoms with van der Waals surface area (Å²) in [6.07, 6.45) is 0.772. The van der Waals surface area contributed by atoms with Gasteiger partial charge in [-0.2, -0.15) is 5.10 Å². The second-order valence-electron chi connectivity index (χ2n) is 3.19. The fraction of sp³-hybridized carbons (Fsp3) is 0.200. The van der Waals surface area contributed by atoms with Gasteiger partial charge < -0.3 is 5.73 Å². The average molecular weight is 206 g/mol. The molecule has 0 atom stereocenters. The highest BCUT2D eigenvalue weighted by Crippen LogP contribution is 2.23. The molecule has 0 saturated heterocycles. The number of hydrogen-bond donors (Lipinski definition) is 2. The number of nitrogen functional groups attached to an aromatic ring is 1. The molecule has 0 spiro atoms. The van der Waals surface area contributed by atoms with Gasteiger partial charge in [-0.25, -0.2) is 9.37 Å². The first-order valence-electron chi connectivity index (χ1n) is 4.67. The molecule has 0 aliphatic rings. The number of nitrogens with zero attached hydrogens (tertiary/aromatic N) is 2. The molecule has 0 radical (unpaired) electrons. The van der Waals surface area contributed by atoms with Gasteiger partial charge in [-0.05, 0) is 18.2 Å². The molecule has 0 unspecified atom stereocenters. The Morgan fingerprint density at radius 2 is 2.27 bits per heavy atom. The molecule has 2 rings (SSSR count). The van der Waals surface area contributed by atoms with E-state index in [-0.39, 0.29) is 5.82 Å².